The second kappa shape index (κ2) is 10.5. The molecule has 1 heterocycles. The molecular weight excluding hydrogens is 432 g/mol. The smallest absolute Gasteiger partial charge is 0.308 e. The summed E-state index contributed by atoms with van der Waals surface area (Å²) in [6.45, 7) is 2.21. The number of Topliss-reactive ketones (excluding diaryl/α,β-unsaturated/α-hetero) is 1. The van der Waals surface area contributed by atoms with Gasteiger partial charge in [-0.2, -0.15) is 4.31 Å². The minimum Gasteiger partial charge on any atom is -0.457 e. The molecule has 1 aliphatic rings. The van der Waals surface area contributed by atoms with Crippen LogP contribution in [-0.2, 0) is 19.6 Å². The minimum absolute atomic E-state index is 0.0845. The Bertz CT molecular complexity index is 1060. The maximum absolute atomic E-state index is 12.5. The molecule has 1 atom stereocenters. The summed E-state index contributed by atoms with van der Waals surface area (Å²) >= 11 is 0. The SMILES string of the molecule is CC(CC(=O)OCC(=O)c1ccc(S(=O)(=O)N2CCCC2)cc1)NC(=O)c1ccccc1. The fourth-order valence-corrected chi connectivity index (χ4v) is 4.89. The maximum Gasteiger partial charge on any atom is 0.308 e. The van der Waals surface area contributed by atoms with Gasteiger partial charge in [0.1, 0.15) is 0 Å². The van der Waals surface area contributed by atoms with Crippen LogP contribution >= 0.6 is 0 Å². The molecule has 8 nitrogen and oxygen atoms in total. The van der Waals surface area contributed by atoms with Gasteiger partial charge in [0.05, 0.1) is 11.3 Å². The number of ether oxygens (including phenoxy) is 1. The fourth-order valence-electron chi connectivity index (χ4n) is 3.38. The van der Waals surface area contributed by atoms with Gasteiger partial charge in [0.2, 0.25) is 10.0 Å². The highest BCUT2D eigenvalue weighted by Crippen LogP contribution is 2.21. The Labute approximate surface area is 187 Å². The first kappa shape index (κ1) is 23.6. The molecule has 0 aromatic heterocycles. The molecule has 1 saturated heterocycles. The van der Waals surface area contributed by atoms with Crippen LogP contribution < -0.4 is 5.32 Å². The second-order valence-corrected chi connectivity index (χ2v) is 9.60. The number of carbonyl (C=O) groups is 3. The van der Waals surface area contributed by atoms with E-state index in [1.54, 1.807) is 37.3 Å². The van der Waals surface area contributed by atoms with Crippen LogP contribution in [0.3, 0.4) is 0 Å². The lowest BCUT2D eigenvalue weighted by Crippen LogP contribution is -2.34. The summed E-state index contributed by atoms with van der Waals surface area (Å²) in [5.41, 5.74) is 0.738. The first-order chi connectivity index (χ1) is 15.3. The molecule has 170 valence electrons. The molecule has 2 aromatic rings. The topological polar surface area (TPSA) is 110 Å². The van der Waals surface area contributed by atoms with E-state index in [0.29, 0.717) is 18.7 Å². The molecule has 0 aliphatic carbocycles. The third kappa shape index (κ3) is 6.02. The van der Waals surface area contributed by atoms with Gasteiger partial charge in [-0.1, -0.05) is 18.2 Å². The lowest BCUT2D eigenvalue weighted by atomic mass is 10.1. The zero-order valence-electron chi connectivity index (χ0n) is 17.8. The quantitative estimate of drug-likeness (QED) is 0.456. The summed E-state index contributed by atoms with van der Waals surface area (Å²) < 4.78 is 31.5. The van der Waals surface area contributed by atoms with Gasteiger partial charge in [-0.3, -0.25) is 14.4 Å². The number of carbonyl (C=O) groups excluding carboxylic acids is 3. The van der Waals surface area contributed by atoms with E-state index >= 15 is 0 Å². The number of hydrogen-bond donors (Lipinski definition) is 1. The van der Waals surface area contributed by atoms with Crippen LogP contribution in [0.15, 0.2) is 59.5 Å². The summed E-state index contributed by atoms with van der Waals surface area (Å²) in [6, 6.07) is 13.8. The highest BCUT2D eigenvalue weighted by Gasteiger charge is 2.27. The van der Waals surface area contributed by atoms with Crippen LogP contribution in [0.4, 0.5) is 0 Å². The first-order valence-corrected chi connectivity index (χ1v) is 11.9. The number of ketones is 1. The van der Waals surface area contributed by atoms with Crippen molar-refractivity contribution in [2.24, 2.45) is 0 Å². The van der Waals surface area contributed by atoms with Crippen LogP contribution in [0.1, 0.15) is 46.9 Å². The van der Waals surface area contributed by atoms with Crippen LogP contribution in [0.25, 0.3) is 0 Å². The molecule has 1 aliphatic heterocycles. The summed E-state index contributed by atoms with van der Waals surface area (Å²) in [6.07, 6.45) is 1.60. The van der Waals surface area contributed by atoms with E-state index in [9.17, 15) is 22.8 Å². The van der Waals surface area contributed by atoms with Crippen molar-refractivity contribution in [3.63, 3.8) is 0 Å². The Balaban J connectivity index is 1.47. The normalized spacial score (nSPS) is 15.2. The van der Waals surface area contributed by atoms with Crippen molar-refractivity contribution in [3.05, 3.63) is 65.7 Å². The molecule has 3 rings (SSSR count). The van der Waals surface area contributed by atoms with Gasteiger partial charge in [0.25, 0.3) is 5.91 Å². The Morgan fingerprint density at radius 2 is 1.59 bits per heavy atom. The predicted octanol–water partition coefficient (Wildman–Crippen LogP) is 2.41. The third-order valence-corrected chi connectivity index (χ3v) is 7.04. The van der Waals surface area contributed by atoms with Crippen molar-refractivity contribution in [1.82, 2.24) is 9.62 Å². The summed E-state index contributed by atoms with van der Waals surface area (Å²) in [7, 11) is -3.55. The molecule has 0 radical (unpaired) electrons. The maximum atomic E-state index is 12.5. The van der Waals surface area contributed by atoms with E-state index in [1.807, 2.05) is 0 Å². The van der Waals surface area contributed by atoms with Crippen LogP contribution in [0.2, 0.25) is 0 Å². The third-order valence-electron chi connectivity index (χ3n) is 5.13. The number of rotatable bonds is 9. The van der Waals surface area contributed by atoms with Crippen molar-refractivity contribution in [3.8, 4) is 0 Å². The number of esters is 1. The molecule has 1 amide bonds. The van der Waals surface area contributed by atoms with Crippen molar-refractivity contribution >= 4 is 27.7 Å². The zero-order chi connectivity index (χ0) is 23.1. The highest BCUT2D eigenvalue weighted by molar-refractivity contribution is 7.89. The van der Waals surface area contributed by atoms with E-state index in [4.69, 9.17) is 4.74 Å². The monoisotopic (exact) mass is 458 g/mol. The average Bonchev–Trinajstić information content (AvgIpc) is 3.34. The van der Waals surface area contributed by atoms with E-state index in [2.05, 4.69) is 5.32 Å². The molecule has 9 heteroatoms. The average molecular weight is 459 g/mol. The Morgan fingerprint density at radius 3 is 2.22 bits per heavy atom. The summed E-state index contributed by atoms with van der Waals surface area (Å²) in [5.74, 6) is -1.36. The highest BCUT2D eigenvalue weighted by atomic mass is 32.2. The minimum atomic E-state index is -3.55. The Kier molecular flexibility index (Phi) is 7.76. The second-order valence-electron chi connectivity index (χ2n) is 7.66. The van der Waals surface area contributed by atoms with Gasteiger partial charge in [0, 0.05) is 30.3 Å². The molecule has 1 fully saturated rings. The summed E-state index contributed by atoms with van der Waals surface area (Å²) in [5, 5.41) is 2.70. The van der Waals surface area contributed by atoms with Crippen LogP contribution in [0.5, 0.6) is 0 Å². The van der Waals surface area contributed by atoms with Gasteiger partial charge >= 0.3 is 5.97 Å². The lowest BCUT2D eigenvalue weighted by molar-refractivity contribution is -0.142. The van der Waals surface area contributed by atoms with Crippen molar-refractivity contribution < 1.29 is 27.5 Å². The number of amides is 1. The van der Waals surface area contributed by atoms with Crippen LogP contribution in [0, 0.1) is 0 Å². The number of sulfonamides is 1. The molecule has 0 bridgehead atoms. The van der Waals surface area contributed by atoms with Crippen molar-refractivity contribution in [1.29, 1.82) is 0 Å². The molecule has 0 spiro atoms. The van der Waals surface area contributed by atoms with Crippen molar-refractivity contribution in [2.45, 2.75) is 37.1 Å². The van der Waals surface area contributed by atoms with E-state index in [-0.39, 0.29) is 22.8 Å². The van der Waals surface area contributed by atoms with Gasteiger partial charge in [-0.05, 0) is 56.2 Å². The van der Waals surface area contributed by atoms with Crippen molar-refractivity contribution in [2.75, 3.05) is 19.7 Å². The predicted molar refractivity (Wildman–Crippen MR) is 118 cm³/mol. The summed E-state index contributed by atoms with van der Waals surface area (Å²) in [4.78, 5) is 36.6. The van der Waals surface area contributed by atoms with Gasteiger partial charge in [-0.25, -0.2) is 8.42 Å². The van der Waals surface area contributed by atoms with E-state index in [0.717, 1.165) is 12.8 Å². The Hall–Kier alpha value is -3.04. The first-order valence-electron chi connectivity index (χ1n) is 10.4. The molecular formula is C23H26N2O6S. The number of hydrogen-bond acceptors (Lipinski definition) is 6. The largest absolute Gasteiger partial charge is 0.457 e. The fraction of sp³-hybridized carbons (Fsp3) is 0.348. The van der Waals surface area contributed by atoms with Gasteiger partial charge in [0.15, 0.2) is 12.4 Å². The molecule has 1 N–H and O–H groups in total. The lowest BCUT2D eigenvalue weighted by Gasteiger charge is -2.15. The molecule has 0 saturated carbocycles. The van der Waals surface area contributed by atoms with Gasteiger partial charge in [-0.15, -0.1) is 0 Å². The van der Waals surface area contributed by atoms with Crippen LogP contribution in [-0.4, -0.2) is 56.1 Å². The Morgan fingerprint density at radius 1 is 0.969 bits per heavy atom. The van der Waals surface area contributed by atoms with E-state index in [1.165, 1.54) is 28.6 Å². The molecule has 2 aromatic carbocycles. The zero-order valence-corrected chi connectivity index (χ0v) is 18.6. The number of nitrogens with zero attached hydrogens (tertiary/aromatic N) is 1. The molecule has 1 unspecified atom stereocenters. The number of nitrogens with one attached hydrogen (secondary N) is 1. The standard InChI is InChI=1S/C23H26N2O6S/c1-17(24-23(28)19-7-3-2-4-8-19)15-22(27)31-16-21(26)18-9-11-20(12-10-18)32(29,30)25-13-5-6-14-25/h2-4,7-12,17H,5-6,13-16H2,1H3,(H,24,28). The van der Waals surface area contributed by atoms with Gasteiger partial charge < -0.3 is 10.1 Å². The van der Waals surface area contributed by atoms with E-state index < -0.39 is 34.4 Å². The number of benzene rings is 2. The molecule has 32 heavy (non-hydrogen) atoms.